The third-order valence-corrected chi connectivity index (χ3v) is 3.96. The van der Waals surface area contributed by atoms with Gasteiger partial charge in [0.1, 0.15) is 0 Å². The third kappa shape index (κ3) is 8.10. The normalized spacial score (nSPS) is 32.7. The molecular formula is C16H34O2. The zero-order valence-electron chi connectivity index (χ0n) is 12.9. The van der Waals surface area contributed by atoms with E-state index in [2.05, 4.69) is 13.8 Å². The Hall–Kier alpha value is -0.0800. The molecule has 0 aromatic rings. The zero-order chi connectivity index (χ0) is 14.0. The molecule has 2 N–H and O–H groups in total. The fraction of sp³-hybridized carbons (Fsp3) is 1.00. The second-order valence-electron chi connectivity index (χ2n) is 5.75. The van der Waals surface area contributed by atoms with Crippen LogP contribution in [0.4, 0.5) is 0 Å². The zero-order valence-corrected chi connectivity index (χ0v) is 12.9. The molecule has 2 aliphatic carbocycles. The van der Waals surface area contributed by atoms with Gasteiger partial charge in [-0.2, -0.15) is 0 Å². The minimum atomic E-state index is -0.0128. The molecule has 2 heteroatoms. The van der Waals surface area contributed by atoms with Gasteiger partial charge in [-0.05, 0) is 43.9 Å². The van der Waals surface area contributed by atoms with Crippen LogP contribution in [0.25, 0.3) is 0 Å². The summed E-state index contributed by atoms with van der Waals surface area (Å²) in [4.78, 5) is 0. The van der Waals surface area contributed by atoms with Crippen LogP contribution in [-0.4, -0.2) is 22.4 Å². The Morgan fingerprint density at radius 1 is 0.778 bits per heavy atom. The molecule has 0 spiro atoms. The largest absolute Gasteiger partial charge is 0.393 e. The van der Waals surface area contributed by atoms with Crippen LogP contribution in [0.5, 0.6) is 0 Å². The molecule has 18 heavy (non-hydrogen) atoms. The lowest BCUT2D eigenvalue weighted by Gasteiger charge is -2.28. The van der Waals surface area contributed by atoms with E-state index in [1.165, 1.54) is 32.1 Å². The second kappa shape index (κ2) is 10.8. The highest BCUT2D eigenvalue weighted by molar-refractivity contribution is 4.74. The number of rotatable bonds is 0. The highest BCUT2D eigenvalue weighted by atomic mass is 16.3. The van der Waals surface area contributed by atoms with Crippen molar-refractivity contribution in [1.82, 2.24) is 0 Å². The van der Waals surface area contributed by atoms with Crippen molar-refractivity contribution >= 4 is 0 Å². The Bertz CT molecular complexity index is 176. The van der Waals surface area contributed by atoms with Crippen molar-refractivity contribution in [3.05, 3.63) is 0 Å². The average molecular weight is 258 g/mol. The third-order valence-electron chi connectivity index (χ3n) is 3.96. The molecule has 2 saturated carbocycles. The quantitative estimate of drug-likeness (QED) is 0.685. The maximum Gasteiger partial charge on any atom is 0.0566 e. The molecule has 0 aliphatic heterocycles. The fourth-order valence-corrected chi connectivity index (χ4v) is 2.73. The van der Waals surface area contributed by atoms with Crippen molar-refractivity contribution in [1.29, 1.82) is 0 Å². The summed E-state index contributed by atoms with van der Waals surface area (Å²) in [6.07, 6.45) is 9.35. The van der Waals surface area contributed by atoms with Gasteiger partial charge in [-0.1, -0.05) is 47.0 Å². The van der Waals surface area contributed by atoms with Crippen molar-refractivity contribution in [2.75, 3.05) is 0 Å². The fourth-order valence-electron chi connectivity index (χ4n) is 2.73. The molecule has 0 bridgehead atoms. The molecule has 2 nitrogen and oxygen atoms in total. The summed E-state index contributed by atoms with van der Waals surface area (Å²) in [5.74, 6) is 1.37. The average Bonchev–Trinajstić information content (AvgIpc) is 2.38. The summed E-state index contributed by atoms with van der Waals surface area (Å²) in [5, 5.41) is 18.2. The van der Waals surface area contributed by atoms with Gasteiger partial charge in [-0.15, -0.1) is 0 Å². The summed E-state index contributed by atoms with van der Waals surface area (Å²) in [7, 11) is 0. The Labute approximate surface area is 114 Å². The predicted octanol–water partition coefficient (Wildman–Crippen LogP) is 4.14. The van der Waals surface area contributed by atoms with E-state index in [1.54, 1.807) is 0 Å². The summed E-state index contributed by atoms with van der Waals surface area (Å²) in [6, 6.07) is 0. The smallest absolute Gasteiger partial charge is 0.0566 e. The molecule has 0 saturated heterocycles. The van der Waals surface area contributed by atoms with Gasteiger partial charge >= 0.3 is 0 Å². The molecular weight excluding hydrogens is 224 g/mol. The standard InChI is InChI=1S/C8H16O.C6H12O.C2H6/c1-6-3-4-8(9)7(2)5-6;7-6-4-2-1-3-5-6;1-2/h6-9H,3-5H2,1-2H3;6-7H,1-5H2;1-2H3/t6-,7?,8+;;/m1../s1. The molecule has 2 rings (SSSR count). The van der Waals surface area contributed by atoms with Gasteiger partial charge in [0.05, 0.1) is 12.2 Å². The van der Waals surface area contributed by atoms with Gasteiger partial charge in [-0.25, -0.2) is 0 Å². The van der Waals surface area contributed by atoms with Gasteiger partial charge in [0.25, 0.3) is 0 Å². The van der Waals surface area contributed by atoms with E-state index in [9.17, 15) is 5.11 Å². The summed E-state index contributed by atoms with van der Waals surface area (Å²) >= 11 is 0. The van der Waals surface area contributed by atoms with Crippen LogP contribution in [0.2, 0.25) is 0 Å². The monoisotopic (exact) mass is 258 g/mol. The Balaban J connectivity index is 0.000000289. The first-order valence-corrected chi connectivity index (χ1v) is 7.95. The lowest BCUT2D eigenvalue weighted by molar-refractivity contribution is 0.0611. The molecule has 0 heterocycles. The van der Waals surface area contributed by atoms with Gasteiger partial charge in [0, 0.05) is 0 Å². The highest BCUT2D eigenvalue weighted by Crippen LogP contribution is 2.28. The maximum absolute atomic E-state index is 9.30. The lowest BCUT2D eigenvalue weighted by atomic mass is 9.81. The molecule has 1 unspecified atom stereocenters. The van der Waals surface area contributed by atoms with Crippen LogP contribution in [0.3, 0.4) is 0 Å². The second-order valence-corrected chi connectivity index (χ2v) is 5.75. The first-order valence-electron chi connectivity index (χ1n) is 7.95. The van der Waals surface area contributed by atoms with E-state index in [0.717, 1.165) is 25.2 Å². The predicted molar refractivity (Wildman–Crippen MR) is 78.6 cm³/mol. The molecule has 110 valence electrons. The van der Waals surface area contributed by atoms with Gasteiger partial charge in [-0.3, -0.25) is 0 Å². The van der Waals surface area contributed by atoms with Gasteiger partial charge in [0.15, 0.2) is 0 Å². The Kier molecular flexibility index (Phi) is 10.8. The van der Waals surface area contributed by atoms with Crippen molar-refractivity contribution in [3.63, 3.8) is 0 Å². The minimum absolute atomic E-state index is 0.0128. The first kappa shape index (κ1) is 17.9. The summed E-state index contributed by atoms with van der Waals surface area (Å²) < 4.78 is 0. The Morgan fingerprint density at radius 2 is 1.33 bits per heavy atom. The molecule has 0 amide bonds. The summed E-state index contributed by atoms with van der Waals surface area (Å²) in [6.45, 7) is 8.41. The van der Waals surface area contributed by atoms with Crippen molar-refractivity contribution in [2.24, 2.45) is 11.8 Å². The van der Waals surface area contributed by atoms with E-state index in [1.807, 2.05) is 13.8 Å². The van der Waals surface area contributed by atoms with Crippen LogP contribution in [0.15, 0.2) is 0 Å². The summed E-state index contributed by atoms with van der Waals surface area (Å²) in [5.41, 5.74) is 0. The first-order chi connectivity index (χ1) is 8.59. The van der Waals surface area contributed by atoms with E-state index < -0.39 is 0 Å². The molecule has 0 aromatic heterocycles. The van der Waals surface area contributed by atoms with Gasteiger partial charge < -0.3 is 10.2 Å². The van der Waals surface area contributed by atoms with Crippen molar-refractivity contribution < 1.29 is 10.2 Å². The molecule has 3 atom stereocenters. The van der Waals surface area contributed by atoms with E-state index in [0.29, 0.717) is 5.92 Å². The van der Waals surface area contributed by atoms with Crippen molar-refractivity contribution in [3.8, 4) is 0 Å². The van der Waals surface area contributed by atoms with Crippen LogP contribution >= 0.6 is 0 Å². The molecule has 0 radical (unpaired) electrons. The minimum Gasteiger partial charge on any atom is -0.393 e. The number of hydrogen-bond acceptors (Lipinski definition) is 2. The van der Waals surface area contributed by atoms with Crippen LogP contribution in [0, 0.1) is 11.8 Å². The van der Waals surface area contributed by atoms with Gasteiger partial charge in [0.2, 0.25) is 0 Å². The molecule has 2 fully saturated rings. The SMILES string of the molecule is CC.CC1C[C@H](C)CC[C@@H]1O.OC1CCCCC1. The van der Waals surface area contributed by atoms with Crippen molar-refractivity contribution in [2.45, 2.75) is 91.3 Å². The molecule has 0 aromatic carbocycles. The Morgan fingerprint density at radius 3 is 1.67 bits per heavy atom. The number of aliphatic hydroxyl groups excluding tert-OH is 2. The maximum atomic E-state index is 9.30. The lowest BCUT2D eigenvalue weighted by Crippen LogP contribution is -2.25. The van der Waals surface area contributed by atoms with E-state index in [4.69, 9.17) is 5.11 Å². The number of hydrogen-bond donors (Lipinski definition) is 2. The number of aliphatic hydroxyl groups is 2. The highest BCUT2D eigenvalue weighted by Gasteiger charge is 2.22. The van der Waals surface area contributed by atoms with E-state index in [-0.39, 0.29) is 12.2 Å². The van der Waals surface area contributed by atoms with Crippen LogP contribution in [-0.2, 0) is 0 Å². The van der Waals surface area contributed by atoms with Crippen LogP contribution < -0.4 is 0 Å². The topological polar surface area (TPSA) is 40.5 Å². The van der Waals surface area contributed by atoms with E-state index >= 15 is 0 Å². The van der Waals surface area contributed by atoms with Crippen LogP contribution in [0.1, 0.15) is 79.1 Å². The molecule has 2 aliphatic rings.